The van der Waals surface area contributed by atoms with E-state index in [1.54, 1.807) is 0 Å². The van der Waals surface area contributed by atoms with Crippen LogP contribution in [0.15, 0.2) is 48.7 Å². The molecule has 1 fully saturated rings. The van der Waals surface area contributed by atoms with Gasteiger partial charge in [-0.15, -0.1) is 0 Å². The van der Waals surface area contributed by atoms with Gasteiger partial charge in [-0.2, -0.15) is 0 Å². The van der Waals surface area contributed by atoms with Crippen molar-refractivity contribution in [1.29, 1.82) is 0 Å². The molecule has 1 aliphatic rings. The normalized spacial score (nSPS) is 15.7. The number of pyridine rings is 1. The molecule has 21 heavy (non-hydrogen) atoms. The summed E-state index contributed by atoms with van der Waals surface area (Å²) in [5, 5.41) is 3.39. The van der Waals surface area contributed by atoms with Crippen LogP contribution in [0.1, 0.15) is 36.6 Å². The first kappa shape index (κ1) is 14.1. The van der Waals surface area contributed by atoms with E-state index in [1.807, 2.05) is 25.4 Å². The first-order valence-corrected chi connectivity index (χ1v) is 7.69. The molecule has 0 amide bonds. The van der Waals surface area contributed by atoms with Crippen LogP contribution in [0.25, 0.3) is 0 Å². The van der Waals surface area contributed by atoms with Crippen LogP contribution in [0.5, 0.6) is 5.75 Å². The van der Waals surface area contributed by atoms with Crippen LogP contribution in [0.4, 0.5) is 0 Å². The average Bonchev–Trinajstić information content (AvgIpc) is 3.34. The number of aryl methyl sites for hydroxylation is 1. The lowest BCUT2D eigenvalue weighted by Crippen LogP contribution is -2.17. The maximum absolute atomic E-state index is 5.79. The summed E-state index contributed by atoms with van der Waals surface area (Å²) in [6.45, 7) is 0. The van der Waals surface area contributed by atoms with E-state index in [0.29, 0.717) is 12.1 Å². The first-order chi connectivity index (χ1) is 10.3. The predicted molar refractivity (Wildman–Crippen MR) is 84.5 cm³/mol. The van der Waals surface area contributed by atoms with Crippen molar-refractivity contribution < 1.29 is 4.74 Å². The van der Waals surface area contributed by atoms with E-state index in [2.05, 4.69) is 40.6 Å². The Morgan fingerprint density at radius 1 is 1.19 bits per heavy atom. The second kappa shape index (κ2) is 6.72. The highest BCUT2D eigenvalue weighted by Gasteiger charge is 2.23. The van der Waals surface area contributed by atoms with Gasteiger partial charge in [0.15, 0.2) is 0 Å². The third-order valence-electron chi connectivity index (χ3n) is 3.87. The fourth-order valence-electron chi connectivity index (χ4n) is 2.47. The third-order valence-corrected chi connectivity index (χ3v) is 3.87. The van der Waals surface area contributed by atoms with Crippen molar-refractivity contribution in [3.63, 3.8) is 0 Å². The van der Waals surface area contributed by atoms with Gasteiger partial charge in [-0.1, -0.05) is 18.2 Å². The minimum Gasteiger partial charge on any atom is -0.490 e. The molecule has 2 aromatic rings. The summed E-state index contributed by atoms with van der Waals surface area (Å²) in [4.78, 5) is 4.38. The number of rotatable bonds is 7. The van der Waals surface area contributed by atoms with E-state index < -0.39 is 0 Å². The van der Waals surface area contributed by atoms with E-state index in [4.69, 9.17) is 4.74 Å². The average molecular weight is 282 g/mol. The maximum atomic E-state index is 5.79. The molecule has 3 nitrogen and oxygen atoms in total. The summed E-state index contributed by atoms with van der Waals surface area (Å²) >= 11 is 0. The van der Waals surface area contributed by atoms with E-state index in [-0.39, 0.29) is 0 Å². The van der Waals surface area contributed by atoms with Crippen LogP contribution < -0.4 is 10.1 Å². The molecule has 0 saturated heterocycles. The van der Waals surface area contributed by atoms with E-state index in [1.165, 1.54) is 18.4 Å². The summed E-state index contributed by atoms with van der Waals surface area (Å²) < 4.78 is 5.79. The number of ether oxygens (including phenoxy) is 1. The molecule has 1 saturated carbocycles. The fraction of sp³-hybridized carbons (Fsp3) is 0.389. The van der Waals surface area contributed by atoms with Crippen LogP contribution in [0.3, 0.4) is 0 Å². The van der Waals surface area contributed by atoms with Crippen LogP contribution in [0, 0.1) is 0 Å². The van der Waals surface area contributed by atoms with E-state index in [0.717, 1.165) is 24.3 Å². The van der Waals surface area contributed by atoms with Gasteiger partial charge in [0.25, 0.3) is 0 Å². The molecular weight excluding hydrogens is 260 g/mol. The third kappa shape index (κ3) is 4.05. The maximum Gasteiger partial charge on any atom is 0.119 e. The second-order valence-electron chi connectivity index (χ2n) is 5.59. The Balaban J connectivity index is 1.59. The minimum atomic E-state index is 0.349. The monoisotopic (exact) mass is 282 g/mol. The Kier molecular flexibility index (Phi) is 4.51. The van der Waals surface area contributed by atoms with Gasteiger partial charge in [0, 0.05) is 17.9 Å². The van der Waals surface area contributed by atoms with E-state index in [9.17, 15) is 0 Å². The van der Waals surface area contributed by atoms with Crippen molar-refractivity contribution in [2.45, 2.75) is 37.8 Å². The number of nitrogens with zero attached hydrogens (tertiary/aromatic N) is 1. The van der Waals surface area contributed by atoms with Crippen molar-refractivity contribution in [3.05, 3.63) is 59.9 Å². The van der Waals surface area contributed by atoms with Gasteiger partial charge in [-0.3, -0.25) is 4.98 Å². The van der Waals surface area contributed by atoms with Gasteiger partial charge in [0.1, 0.15) is 5.75 Å². The Morgan fingerprint density at radius 2 is 2.00 bits per heavy atom. The molecule has 0 bridgehead atoms. The largest absolute Gasteiger partial charge is 0.490 e. The molecule has 1 atom stereocenters. The van der Waals surface area contributed by atoms with Crippen molar-refractivity contribution >= 4 is 0 Å². The molecule has 0 aliphatic heterocycles. The Hall–Kier alpha value is -1.87. The molecule has 3 heteroatoms. The zero-order valence-electron chi connectivity index (χ0n) is 12.5. The molecule has 0 spiro atoms. The SMILES string of the molecule is CNC(CCc1ccccn1)c1ccc(OC2CC2)cc1. The number of hydrogen-bond donors (Lipinski definition) is 1. The molecule has 1 aromatic heterocycles. The Morgan fingerprint density at radius 3 is 2.62 bits per heavy atom. The Bertz CT molecular complexity index is 549. The van der Waals surface area contributed by atoms with Crippen LogP contribution in [-0.2, 0) is 6.42 Å². The highest BCUT2D eigenvalue weighted by Crippen LogP contribution is 2.28. The van der Waals surface area contributed by atoms with Gasteiger partial charge in [-0.25, -0.2) is 0 Å². The number of benzene rings is 1. The summed E-state index contributed by atoms with van der Waals surface area (Å²) in [5.41, 5.74) is 2.45. The molecule has 1 N–H and O–H groups in total. The quantitative estimate of drug-likeness (QED) is 0.843. The lowest BCUT2D eigenvalue weighted by Gasteiger charge is -2.17. The van der Waals surface area contributed by atoms with Gasteiger partial charge in [0.2, 0.25) is 0 Å². The van der Waals surface area contributed by atoms with Gasteiger partial charge in [0.05, 0.1) is 6.10 Å². The predicted octanol–water partition coefficient (Wildman–Crippen LogP) is 3.52. The minimum absolute atomic E-state index is 0.349. The molecule has 0 radical (unpaired) electrons. The lowest BCUT2D eigenvalue weighted by molar-refractivity contribution is 0.303. The fourth-order valence-corrected chi connectivity index (χ4v) is 2.47. The molecule has 1 aromatic carbocycles. The van der Waals surface area contributed by atoms with Crippen LogP contribution in [0.2, 0.25) is 0 Å². The summed E-state index contributed by atoms with van der Waals surface area (Å²) in [6, 6.07) is 14.9. The standard InChI is InChI=1S/C18H22N2O/c1-19-18(12-7-15-4-2-3-13-20-15)14-5-8-16(9-6-14)21-17-10-11-17/h2-6,8-9,13,17-19H,7,10-12H2,1H3. The topological polar surface area (TPSA) is 34.2 Å². The second-order valence-corrected chi connectivity index (χ2v) is 5.59. The molecule has 1 heterocycles. The summed E-state index contributed by atoms with van der Waals surface area (Å²) in [6.07, 6.45) is 6.73. The molecule has 1 aliphatic carbocycles. The summed E-state index contributed by atoms with van der Waals surface area (Å²) in [7, 11) is 2.01. The number of hydrogen-bond acceptors (Lipinski definition) is 3. The summed E-state index contributed by atoms with van der Waals surface area (Å²) in [5.74, 6) is 0.987. The lowest BCUT2D eigenvalue weighted by atomic mass is 10.0. The van der Waals surface area contributed by atoms with Crippen molar-refractivity contribution in [2.24, 2.45) is 0 Å². The van der Waals surface area contributed by atoms with Gasteiger partial charge < -0.3 is 10.1 Å². The van der Waals surface area contributed by atoms with Crippen molar-refractivity contribution in [2.75, 3.05) is 7.05 Å². The smallest absolute Gasteiger partial charge is 0.119 e. The zero-order chi connectivity index (χ0) is 14.5. The van der Waals surface area contributed by atoms with Crippen LogP contribution >= 0.6 is 0 Å². The van der Waals surface area contributed by atoms with Gasteiger partial charge >= 0.3 is 0 Å². The molecular formula is C18H22N2O. The van der Waals surface area contributed by atoms with Gasteiger partial charge in [-0.05, 0) is 62.6 Å². The number of nitrogens with one attached hydrogen (secondary N) is 1. The molecule has 110 valence electrons. The van der Waals surface area contributed by atoms with Crippen molar-refractivity contribution in [1.82, 2.24) is 10.3 Å². The van der Waals surface area contributed by atoms with Crippen molar-refractivity contribution in [3.8, 4) is 5.75 Å². The van der Waals surface area contributed by atoms with Crippen LogP contribution in [-0.4, -0.2) is 18.1 Å². The highest BCUT2D eigenvalue weighted by molar-refractivity contribution is 5.29. The number of aromatic nitrogens is 1. The Labute approximate surface area is 126 Å². The highest BCUT2D eigenvalue weighted by atomic mass is 16.5. The molecule has 3 rings (SSSR count). The zero-order valence-corrected chi connectivity index (χ0v) is 12.5. The van der Waals surface area contributed by atoms with E-state index >= 15 is 0 Å². The molecule has 1 unspecified atom stereocenters. The first-order valence-electron chi connectivity index (χ1n) is 7.69.